The highest BCUT2D eigenvalue weighted by atomic mass is 35.5. The standard InChI is InChI=1S/C13H16ClN3O3S/c1-3-4-10-8-13(16-15-10)17-21(18,19)12-6-5-9(14)7-11(12)20-2/h5-8H,3-4H2,1-2H3,(H2,15,16,17). The average molecular weight is 330 g/mol. The van der Waals surface area contributed by atoms with Crippen LogP contribution in [0.25, 0.3) is 0 Å². The molecule has 0 radical (unpaired) electrons. The van der Waals surface area contributed by atoms with Gasteiger partial charge in [0, 0.05) is 22.8 Å². The van der Waals surface area contributed by atoms with Crippen LogP contribution in [-0.4, -0.2) is 25.7 Å². The summed E-state index contributed by atoms with van der Waals surface area (Å²) in [4.78, 5) is 0.00874. The van der Waals surface area contributed by atoms with Crippen molar-refractivity contribution in [2.75, 3.05) is 11.8 Å². The minimum Gasteiger partial charge on any atom is -0.495 e. The van der Waals surface area contributed by atoms with Gasteiger partial charge in [-0.25, -0.2) is 8.42 Å². The van der Waals surface area contributed by atoms with Gasteiger partial charge in [0.25, 0.3) is 10.0 Å². The normalized spacial score (nSPS) is 11.4. The van der Waals surface area contributed by atoms with Gasteiger partial charge in [-0.3, -0.25) is 9.82 Å². The third-order valence-electron chi connectivity index (χ3n) is 2.80. The molecule has 114 valence electrons. The zero-order valence-corrected chi connectivity index (χ0v) is 13.3. The second-order valence-electron chi connectivity index (χ2n) is 4.43. The van der Waals surface area contributed by atoms with Gasteiger partial charge in [-0.1, -0.05) is 24.9 Å². The van der Waals surface area contributed by atoms with Crippen LogP contribution in [0.15, 0.2) is 29.2 Å². The molecule has 0 aliphatic heterocycles. The minimum absolute atomic E-state index is 0.00874. The van der Waals surface area contributed by atoms with Crippen molar-refractivity contribution in [3.05, 3.63) is 35.0 Å². The lowest BCUT2D eigenvalue weighted by Crippen LogP contribution is -2.14. The minimum atomic E-state index is -3.79. The number of nitrogens with zero attached hydrogens (tertiary/aromatic N) is 1. The number of nitrogens with one attached hydrogen (secondary N) is 2. The molecule has 2 N–H and O–H groups in total. The van der Waals surface area contributed by atoms with E-state index in [0.29, 0.717) is 5.02 Å². The van der Waals surface area contributed by atoms with Crippen LogP contribution in [0.5, 0.6) is 5.75 Å². The predicted molar refractivity (Wildman–Crippen MR) is 81.4 cm³/mol. The second kappa shape index (κ2) is 6.36. The van der Waals surface area contributed by atoms with Gasteiger partial charge in [0.05, 0.1) is 7.11 Å². The third-order valence-corrected chi connectivity index (χ3v) is 4.43. The Hall–Kier alpha value is -1.73. The molecule has 0 saturated carbocycles. The molecular formula is C13H16ClN3O3S. The van der Waals surface area contributed by atoms with Crippen LogP contribution in [0.3, 0.4) is 0 Å². The number of hydrogen-bond donors (Lipinski definition) is 2. The molecule has 0 aliphatic rings. The summed E-state index contributed by atoms with van der Waals surface area (Å²) in [6.07, 6.45) is 1.75. The van der Waals surface area contributed by atoms with Gasteiger partial charge < -0.3 is 4.74 Å². The van der Waals surface area contributed by atoms with Crippen LogP contribution in [0.4, 0.5) is 5.82 Å². The number of aromatic amines is 1. The fourth-order valence-corrected chi connectivity index (χ4v) is 3.17. The maximum absolute atomic E-state index is 12.4. The maximum atomic E-state index is 12.4. The lowest BCUT2D eigenvalue weighted by molar-refractivity contribution is 0.403. The number of aryl methyl sites for hydroxylation is 1. The zero-order valence-electron chi connectivity index (χ0n) is 11.7. The van der Waals surface area contributed by atoms with Gasteiger partial charge in [0.15, 0.2) is 5.82 Å². The van der Waals surface area contributed by atoms with Crippen molar-refractivity contribution in [3.63, 3.8) is 0 Å². The largest absolute Gasteiger partial charge is 0.495 e. The van der Waals surface area contributed by atoms with Crippen LogP contribution >= 0.6 is 11.6 Å². The van der Waals surface area contributed by atoms with Crippen LogP contribution in [-0.2, 0) is 16.4 Å². The molecule has 0 fully saturated rings. The summed E-state index contributed by atoms with van der Waals surface area (Å²) in [5.41, 5.74) is 0.873. The number of benzene rings is 1. The Bertz CT molecular complexity index is 728. The number of ether oxygens (including phenoxy) is 1. The van der Waals surface area contributed by atoms with Gasteiger partial charge in [-0.2, -0.15) is 5.10 Å². The molecule has 0 bridgehead atoms. The van der Waals surface area contributed by atoms with Crippen LogP contribution in [0.2, 0.25) is 5.02 Å². The molecule has 6 nitrogen and oxygen atoms in total. The van der Waals surface area contributed by atoms with Crippen molar-refractivity contribution >= 4 is 27.4 Å². The number of rotatable bonds is 6. The summed E-state index contributed by atoms with van der Waals surface area (Å²) in [5.74, 6) is 0.426. The molecule has 1 aromatic carbocycles. The Labute approximate surface area is 128 Å². The van der Waals surface area contributed by atoms with Gasteiger partial charge in [-0.15, -0.1) is 0 Å². The van der Waals surface area contributed by atoms with Gasteiger partial charge in [-0.05, 0) is 18.6 Å². The summed E-state index contributed by atoms with van der Waals surface area (Å²) in [5, 5.41) is 7.12. The van der Waals surface area contributed by atoms with Gasteiger partial charge in [0.1, 0.15) is 10.6 Å². The predicted octanol–water partition coefficient (Wildman–Crippen LogP) is 2.83. The maximum Gasteiger partial charge on any atom is 0.266 e. The van der Waals surface area contributed by atoms with Crippen molar-refractivity contribution in [2.24, 2.45) is 0 Å². The van der Waals surface area contributed by atoms with E-state index in [1.165, 1.54) is 25.3 Å². The average Bonchev–Trinajstić information content (AvgIpc) is 2.85. The highest BCUT2D eigenvalue weighted by Gasteiger charge is 2.21. The van der Waals surface area contributed by atoms with E-state index in [4.69, 9.17) is 16.3 Å². The number of aromatic nitrogens is 2. The van der Waals surface area contributed by atoms with E-state index in [2.05, 4.69) is 14.9 Å². The molecule has 1 aromatic heterocycles. The Kier molecular flexibility index (Phi) is 4.74. The highest BCUT2D eigenvalue weighted by molar-refractivity contribution is 7.92. The molecule has 0 atom stereocenters. The first-order valence-electron chi connectivity index (χ1n) is 6.37. The Morgan fingerprint density at radius 1 is 1.38 bits per heavy atom. The van der Waals surface area contributed by atoms with E-state index < -0.39 is 10.0 Å². The molecule has 8 heteroatoms. The number of halogens is 1. The number of H-pyrrole nitrogens is 1. The molecular weight excluding hydrogens is 314 g/mol. The molecule has 0 unspecified atom stereocenters. The Morgan fingerprint density at radius 2 is 2.14 bits per heavy atom. The molecule has 21 heavy (non-hydrogen) atoms. The van der Waals surface area contributed by atoms with E-state index in [-0.39, 0.29) is 16.5 Å². The lowest BCUT2D eigenvalue weighted by Gasteiger charge is -2.10. The molecule has 0 saturated heterocycles. The topological polar surface area (TPSA) is 84.1 Å². The fraction of sp³-hybridized carbons (Fsp3) is 0.308. The number of anilines is 1. The van der Waals surface area contributed by atoms with E-state index in [1.54, 1.807) is 6.07 Å². The summed E-state index contributed by atoms with van der Waals surface area (Å²) in [6.45, 7) is 2.03. The second-order valence-corrected chi connectivity index (χ2v) is 6.52. The monoisotopic (exact) mass is 329 g/mol. The molecule has 2 rings (SSSR count). The van der Waals surface area contributed by atoms with Crippen LogP contribution in [0, 0.1) is 0 Å². The molecule has 2 aromatic rings. The van der Waals surface area contributed by atoms with Crippen molar-refractivity contribution in [1.82, 2.24) is 10.2 Å². The van der Waals surface area contributed by atoms with E-state index in [1.807, 2.05) is 6.92 Å². The van der Waals surface area contributed by atoms with Gasteiger partial charge in [0.2, 0.25) is 0 Å². The summed E-state index contributed by atoms with van der Waals surface area (Å²) < 4.78 is 32.2. The van der Waals surface area contributed by atoms with Gasteiger partial charge >= 0.3 is 0 Å². The van der Waals surface area contributed by atoms with Crippen molar-refractivity contribution < 1.29 is 13.2 Å². The molecule has 0 aliphatic carbocycles. The van der Waals surface area contributed by atoms with E-state index in [9.17, 15) is 8.42 Å². The SMILES string of the molecule is CCCc1cc(NS(=O)(=O)c2ccc(Cl)cc2OC)n[nH]1. The first kappa shape index (κ1) is 15.7. The number of methoxy groups -OCH3 is 1. The van der Waals surface area contributed by atoms with Crippen molar-refractivity contribution in [3.8, 4) is 5.75 Å². The lowest BCUT2D eigenvalue weighted by atomic mass is 10.2. The number of hydrogen-bond acceptors (Lipinski definition) is 4. The van der Waals surface area contributed by atoms with Crippen molar-refractivity contribution in [2.45, 2.75) is 24.7 Å². The van der Waals surface area contributed by atoms with E-state index >= 15 is 0 Å². The summed E-state index contributed by atoms with van der Waals surface area (Å²) >= 11 is 5.83. The van der Waals surface area contributed by atoms with E-state index in [0.717, 1.165) is 18.5 Å². The first-order valence-corrected chi connectivity index (χ1v) is 8.23. The smallest absolute Gasteiger partial charge is 0.266 e. The third kappa shape index (κ3) is 3.68. The Balaban J connectivity index is 2.29. The first-order chi connectivity index (χ1) is 9.96. The summed E-state index contributed by atoms with van der Waals surface area (Å²) in [6, 6.07) is 6.00. The Morgan fingerprint density at radius 3 is 2.81 bits per heavy atom. The highest BCUT2D eigenvalue weighted by Crippen LogP contribution is 2.28. The zero-order chi connectivity index (χ0) is 15.5. The van der Waals surface area contributed by atoms with Crippen LogP contribution in [0.1, 0.15) is 19.0 Å². The van der Waals surface area contributed by atoms with Crippen molar-refractivity contribution in [1.29, 1.82) is 0 Å². The molecule has 1 heterocycles. The summed E-state index contributed by atoms with van der Waals surface area (Å²) in [7, 11) is -2.40. The molecule has 0 amide bonds. The number of sulfonamides is 1. The molecule has 0 spiro atoms. The fourth-order valence-electron chi connectivity index (χ4n) is 1.87. The van der Waals surface area contributed by atoms with Crippen LogP contribution < -0.4 is 9.46 Å². The quantitative estimate of drug-likeness (QED) is 0.853.